The number of likely N-dealkylation sites (N-methyl/N-ethyl adjacent to an activating group) is 1. The van der Waals surface area contributed by atoms with E-state index in [2.05, 4.69) is 4.90 Å². The van der Waals surface area contributed by atoms with E-state index >= 15 is 0 Å². The topological polar surface area (TPSA) is 29.3 Å². The van der Waals surface area contributed by atoms with Gasteiger partial charge in [-0.15, -0.1) is 0 Å². The molecule has 0 bridgehead atoms. The largest absolute Gasteiger partial charge is 0.329 e. The highest BCUT2D eigenvalue weighted by Crippen LogP contribution is 2.26. The molecule has 1 aromatic carbocycles. The predicted molar refractivity (Wildman–Crippen MR) is 61.9 cm³/mol. The van der Waals surface area contributed by atoms with Gasteiger partial charge in [-0.2, -0.15) is 0 Å². The lowest BCUT2D eigenvalue weighted by Crippen LogP contribution is -2.27. The molecule has 78 valence electrons. The highest BCUT2D eigenvalue weighted by Gasteiger charge is 2.12. The van der Waals surface area contributed by atoms with Crippen molar-refractivity contribution in [1.29, 1.82) is 0 Å². The van der Waals surface area contributed by atoms with E-state index in [-0.39, 0.29) is 6.04 Å². The second-order valence-electron chi connectivity index (χ2n) is 3.39. The van der Waals surface area contributed by atoms with Gasteiger partial charge in [-0.25, -0.2) is 0 Å². The monoisotopic (exact) mass is 232 g/mol. The van der Waals surface area contributed by atoms with Crippen LogP contribution in [0.2, 0.25) is 10.0 Å². The number of nitrogens with zero attached hydrogens (tertiary/aromatic N) is 1. The van der Waals surface area contributed by atoms with E-state index in [0.29, 0.717) is 16.6 Å². The van der Waals surface area contributed by atoms with E-state index in [1.807, 2.05) is 26.2 Å². The maximum Gasteiger partial charge on any atom is 0.0595 e. The fourth-order valence-corrected chi connectivity index (χ4v) is 1.67. The first-order valence-corrected chi connectivity index (χ1v) is 5.13. The van der Waals surface area contributed by atoms with Crippen molar-refractivity contribution in [2.24, 2.45) is 5.73 Å². The van der Waals surface area contributed by atoms with E-state index < -0.39 is 0 Å². The minimum absolute atomic E-state index is 0.185. The number of hydrogen-bond donors (Lipinski definition) is 1. The molecule has 0 aliphatic carbocycles. The van der Waals surface area contributed by atoms with Crippen LogP contribution in [-0.4, -0.2) is 25.5 Å². The SMILES string of the molecule is CN(C)[C@H](CN)c1ccc(Cl)c(Cl)c1. The summed E-state index contributed by atoms with van der Waals surface area (Å²) in [5, 5.41) is 1.15. The Morgan fingerprint density at radius 1 is 1.29 bits per heavy atom. The quantitative estimate of drug-likeness (QED) is 0.869. The lowest BCUT2D eigenvalue weighted by atomic mass is 10.1. The maximum absolute atomic E-state index is 5.93. The van der Waals surface area contributed by atoms with Gasteiger partial charge in [0.25, 0.3) is 0 Å². The van der Waals surface area contributed by atoms with Crippen molar-refractivity contribution in [3.05, 3.63) is 33.8 Å². The molecule has 0 aromatic heterocycles. The predicted octanol–water partition coefficient (Wildman–Crippen LogP) is 2.55. The minimum Gasteiger partial charge on any atom is -0.329 e. The number of benzene rings is 1. The lowest BCUT2D eigenvalue weighted by molar-refractivity contribution is 0.306. The van der Waals surface area contributed by atoms with Crippen molar-refractivity contribution in [2.45, 2.75) is 6.04 Å². The van der Waals surface area contributed by atoms with Crippen molar-refractivity contribution < 1.29 is 0 Å². The van der Waals surface area contributed by atoms with Crippen LogP contribution in [-0.2, 0) is 0 Å². The Kier molecular flexibility index (Phi) is 4.20. The summed E-state index contributed by atoms with van der Waals surface area (Å²) in [7, 11) is 3.97. The van der Waals surface area contributed by atoms with Gasteiger partial charge in [0.1, 0.15) is 0 Å². The molecule has 2 nitrogen and oxygen atoms in total. The fourth-order valence-electron chi connectivity index (χ4n) is 1.36. The number of hydrogen-bond acceptors (Lipinski definition) is 2. The van der Waals surface area contributed by atoms with Crippen LogP contribution in [0.15, 0.2) is 18.2 Å². The molecule has 0 fully saturated rings. The smallest absolute Gasteiger partial charge is 0.0595 e. The lowest BCUT2D eigenvalue weighted by Gasteiger charge is -2.23. The third-order valence-corrected chi connectivity index (χ3v) is 2.91. The molecule has 0 amide bonds. The molecule has 0 aliphatic rings. The van der Waals surface area contributed by atoms with E-state index in [1.54, 1.807) is 6.07 Å². The molecule has 1 rings (SSSR count). The second kappa shape index (κ2) is 4.99. The summed E-state index contributed by atoms with van der Waals surface area (Å²) >= 11 is 11.8. The Labute approximate surface area is 94.6 Å². The Bertz CT molecular complexity index is 313. The molecule has 0 heterocycles. The Morgan fingerprint density at radius 3 is 2.36 bits per heavy atom. The fraction of sp³-hybridized carbons (Fsp3) is 0.400. The number of halogens is 2. The van der Waals surface area contributed by atoms with Gasteiger partial charge in [0.05, 0.1) is 10.0 Å². The summed E-state index contributed by atoms with van der Waals surface area (Å²) in [6.45, 7) is 0.560. The van der Waals surface area contributed by atoms with Crippen LogP contribution in [0.1, 0.15) is 11.6 Å². The molecule has 0 aliphatic heterocycles. The molecule has 1 aromatic rings. The summed E-state index contributed by atoms with van der Waals surface area (Å²) < 4.78 is 0. The van der Waals surface area contributed by atoms with E-state index in [0.717, 1.165) is 5.56 Å². The molecule has 1 atom stereocenters. The second-order valence-corrected chi connectivity index (χ2v) is 4.20. The van der Waals surface area contributed by atoms with Gasteiger partial charge < -0.3 is 10.6 Å². The van der Waals surface area contributed by atoms with E-state index in [9.17, 15) is 0 Å². The van der Waals surface area contributed by atoms with Crippen molar-refractivity contribution in [1.82, 2.24) is 4.90 Å². The zero-order valence-electron chi connectivity index (χ0n) is 8.30. The first-order valence-electron chi connectivity index (χ1n) is 4.37. The van der Waals surface area contributed by atoms with Gasteiger partial charge in [0.2, 0.25) is 0 Å². The molecule has 0 spiro atoms. The molecule has 0 unspecified atom stereocenters. The van der Waals surface area contributed by atoms with Gasteiger partial charge in [-0.05, 0) is 31.8 Å². The van der Waals surface area contributed by atoms with Crippen LogP contribution in [0.5, 0.6) is 0 Å². The first kappa shape index (κ1) is 11.8. The molecule has 14 heavy (non-hydrogen) atoms. The number of nitrogens with two attached hydrogens (primary N) is 1. The van der Waals surface area contributed by atoms with Gasteiger partial charge in [0, 0.05) is 12.6 Å². The summed E-state index contributed by atoms with van der Waals surface area (Å²) in [5.74, 6) is 0. The van der Waals surface area contributed by atoms with Crippen LogP contribution in [0.3, 0.4) is 0 Å². The summed E-state index contributed by atoms with van der Waals surface area (Å²) in [6.07, 6.45) is 0. The van der Waals surface area contributed by atoms with Crippen LogP contribution in [0.25, 0.3) is 0 Å². The average molecular weight is 233 g/mol. The standard InChI is InChI=1S/C10H14Cl2N2/c1-14(2)10(6-13)7-3-4-8(11)9(12)5-7/h3-5,10H,6,13H2,1-2H3/t10-/m1/s1. The molecule has 0 saturated carbocycles. The van der Waals surface area contributed by atoms with Gasteiger partial charge in [-0.3, -0.25) is 0 Å². The van der Waals surface area contributed by atoms with Crippen LogP contribution in [0, 0.1) is 0 Å². The van der Waals surface area contributed by atoms with Crippen LogP contribution < -0.4 is 5.73 Å². The van der Waals surface area contributed by atoms with Gasteiger partial charge >= 0.3 is 0 Å². The Hall–Kier alpha value is -0.280. The molecular formula is C10H14Cl2N2. The van der Waals surface area contributed by atoms with Gasteiger partial charge in [0.15, 0.2) is 0 Å². The summed E-state index contributed by atoms with van der Waals surface area (Å²) in [6, 6.07) is 5.79. The zero-order valence-corrected chi connectivity index (χ0v) is 9.81. The van der Waals surface area contributed by atoms with Crippen molar-refractivity contribution >= 4 is 23.2 Å². The maximum atomic E-state index is 5.93. The Morgan fingerprint density at radius 2 is 1.93 bits per heavy atom. The molecule has 0 saturated heterocycles. The Balaban J connectivity index is 3.00. The van der Waals surface area contributed by atoms with Crippen molar-refractivity contribution in [3.63, 3.8) is 0 Å². The summed E-state index contributed by atoms with van der Waals surface area (Å²) in [4.78, 5) is 2.06. The molecule has 4 heteroatoms. The number of rotatable bonds is 3. The minimum atomic E-state index is 0.185. The third-order valence-electron chi connectivity index (χ3n) is 2.18. The summed E-state index contributed by atoms with van der Waals surface area (Å²) in [5.41, 5.74) is 6.77. The van der Waals surface area contributed by atoms with E-state index in [1.165, 1.54) is 0 Å². The molecular weight excluding hydrogens is 219 g/mol. The third kappa shape index (κ3) is 2.61. The normalized spacial score (nSPS) is 13.3. The van der Waals surface area contributed by atoms with Crippen LogP contribution in [0.4, 0.5) is 0 Å². The highest BCUT2D eigenvalue weighted by atomic mass is 35.5. The zero-order chi connectivity index (χ0) is 10.7. The first-order chi connectivity index (χ1) is 6.56. The van der Waals surface area contributed by atoms with Gasteiger partial charge in [-0.1, -0.05) is 29.3 Å². The molecule has 0 radical (unpaired) electrons. The van der Waals surface area contributed by atoms with Crippen molar-refractivity contribution in [2.75, 3.05) is 20.6 Å². The average Bonchev–Trinajstić information content (AvgIpc) is 2.11. The van der Waals surface area contributed by atoms with E-state index in [4.69, 9.17) is 28.9 Å². The van der Waals surface area contributed by atoms with Crippen LogP contribution >= 0.6 is 23.2 Å². The van der Waals surface area contributed by atoms with Crippen molar-refractivity contribution in [3.8, 4) is 0 Å². The highest BCUT2D eigenvalue weighted by molar-refractivity contribution is 6.42. The molecule has 2 N–H and O–H groups in total.